The fourth-order valence-corrected chi connectivity index (χ4v) is 10.6. The molecule has 0 aliphatic heterocycles. The quantitative estimate of drug-likeness (QED) is 0.0128. The van der Waals surface area contributed by atoms with E-state index in [1.807, 2.05) is 0 Å². The number of benzene rings is 5. The van der Waals surface area contributed by atoms with Gasteiger partial charge in [0.1, 0.15) is 36.3 Å². The first-order valence-electron chi connectivity index (χ1n) is 29.8. The predicted octanol–water partition coefficient (Wildman–Crippen LogP) is 0.282. The average molecular weight is 1530 g/mol. The molecule has 2 heterocycles. The Morgan fingerprint density at radius 3 is 1.46 bits per heavy atom. The molecule has 0 spiro atoms. The second kappa shape index (κ2) is 48.1. The summed E-state index contributed by atoms with van der Waals surface area (Å²) in [5.74, 6) is -3.99. The summed E-state index contributed by atoms with van der Waals surface area (Å²) in [6.07, 6.45) is 4.49. The van der Waals surface area contributed by atoms with Crippen molar-refractivity contribution in [2.24, 2.45) is 35.0 Å². The minimum absolute atomic E-state index is 0. The van der Waals surface area contributed by atoms with Crippen molar-refractivity contribution in [2.75, 3.05) is 38.6 Å². The molecule has 7 aromatic rings. The van der Waals surface area contributed by atoms with Crippen LogP contribution in [0.2, 0.25) is 15.1 Å². The molecule has 0 saturated heterocycles. The molecule has 3 aliphatic rings. The maximum absolute atomic E-state index is 14.1. The number of para-hydroxylation sites is 2. The number of halogens is 7. The van der Waals surface area contributed by atoms with Crippen LogP contribution in [0.3, 0.4) is 0 Å². The fourth-order valence-electron chi connectivity index (χ4n) is 9.91. The van der Waals surface area contributed by atoms with Crippen molar-refractivity contribution >= 4 is 116 Å². The minimum atomic E-state index is -1.02. The number of carboxylic acids is 1. The van der Waals surface area contributed by atoms with Gasteiger partial charge in [0.25, 0.3) is 18.3 Å². The molecule has 25 nitrogen and oxygen atoms in total. The molecule has 2 aromatic heterocycles. The number of carbonyl (C=O) groups excluding carboxylic acids is 7. The summed E-state index contributed by atoms with van der Waals surface area (Å²) < 4.78 is 43.6. The molecule has 536 valence electrons. The SMILES string of the molecule is C.C.NC(=O)c1nn(CC(=O)N(CC(=O)NCc2cccc(Cl)c2F)CC2CC(O)C2)c2ccccc12.NC(=O)c1nn(CC(=O)O)c2ccccc12.NCC1CC(O)C1.O=C(CCl)CCc1cccc(Cl)c1F.O=C(CNCC1CC(O)C1)NCc1cccc(Cl)c1F.O=CO[O-].[H-].[K+].[K+]. The number of rotatable bonds is 24. The summed E-state index contributed by atoms with van der Waals surface area (Å²) in [4.78, 5) is 94.5. The number of alkyl halides is 1. The molecule has 3 aliphatic carbocycles. The van der Waals surface area contributed by atoms with Gasteiger partial charge in [0.05, 0.1) is 63.4 Å². The third-order valence-electron chi connectivity index (χ3n) is 15.1. The van der Waals surface area contributed by atoms with E-state index in [-0.39, 0.29) is 251 Å². The Hall–Kier alpha value is -5.02. The Kier molecular flexibility index (Phi) is 44.7. The number of carboxylic acid groups (broad SMARTS) is 1. The molecule has 0 bridgehead atoms. The number of aryl methyl sites for hydroxylation is 1. The van der Waals surface area contributed by atoms with Gasteiger partial charge in [-0.3, -0.25) is 47.7 Å². The van der Waals surface area contributed by atoms with E-state index in [0.717, 1.165) is 38.8 Å². The van der Waals surface area contributed by atoms with Crippen LogP contribution >= 0.6 is 46.4 Å². The van der Waals surface area contributed by atoms with E-state index < -0.39 is 47.2 Å². The molecule has 13 N–H and O–H groups in total. The molecular weight excluding hydrogens is 1450 g/mol. The topological polar surface area (TPSA) is 403 Å². The summed E-state index contributed by atoms with van der Waals surface area (Å²) >= 11 is 22.3. The molecule has 10 rings (SSSR count). The zero-order chi connectivity index (χ0) is 70.6. The van der Waals surface area contributed by atoms with Gasteiger partial charge in [0.2, 0.25) is 17.7 Å². The van der Waals surface area contributed by atoms with Crippen LogP contribution in [0.5, 0.6) is 0 Å². The van der Waals surface area contributed by atoms with Crippen molar-refractivity contribution in [3.8, 4) is 0 Å². The van der Waals surface area contributed by atoms with E-state index >= 15 is 0 Å². The van der Waals surface area contributed by atoms with Gasteiger partial charge >= 0.3 is 109 Å². The van der Waals surface area contributed by atoms with Crippen molar-refractivity contribution in [3.05, 3.63) is 164 Å². The molecule has 34 heteroatoms. The van der Waals surface area contributed by atoms with Crippen molar-refractivity contribution in [1.29, 1.82) is 0 Å². The number of aliphatic carboxylic acids is 1. The van der Waals surface area contributed by atoms with Gasteiger partial charge in [0.15, 0.2) is 11.4 Å². The second-order valence-corrected chi connectivity index (χ2v) is 23.8. The first-order chi connectivity index (χ1) is 45.8. The monoisotopic (exact) mass is 1530 g/mol. The molecule has 5 amide bonds. The number of amides is 5. The Balaban J connectivity index is 0.00000130. The fraction of sp³-hybridized carbons (Fsp3) is 0.394. The molecular formula is C66H82Cl4F3K2N11O14. The van der Waals surface area contributed by atoms with Gasteiger partial charge < -0.3 is 70.0 Å². The van der Waals surface area contributed by atoms with Crippen LogP contribution in [0.25, 0.3) is 21.8 Å². The number of hydrogen-bond donors (Lipinski definition) is 10. The average Bonchev–Trinajstić information content (AvgIpc) is 1.66. The zero-order valence-corrected chi connectivity index (χ0v) is 62.8. The number of ketones is 1. The van der Waals surface area contributed by atoms with E-state index in [1.54, 1.807) is 78.9 Å². The number of nitrogens with one attached hydrogen (secondary N) is 3. The van der Waals surface area contributed by atoms with Gasteiger partial charge in [-0.2, -0.15) is 10.2 Å². The van der Waals surface area contributed by atoms with Crippen LogP contribution in [0, 0.1) is 35.2 Å². The first kappa shape index (κ1) is 93.0. The summed E-state index contributed by atoms with van der Waals surface area (Å²) in [6.45, 7) is 1.03. The van der Waals surface area contributed by atoms with Gasteiger partial charge in [0, 0.05) is 48.0 Å². The number of aliphatic hydroxyl groups excluding tert-OH is 3. The Morgan fingerprint density at radius 2 is 1.05 bits per heavy atom. The van der Waals surface area contributed by atoms with Crippen molar-refractivity contribution in [1.82, 2.24) is 40.4 Å². The van der Waals surface area contributed by atoms with Crippen molar-refractivity contribution in [3.63, 3.8) is 0 Å². The third-order valence-corrected chi connectivity index (χ3v) is 16.3. The number of nitrogens with two attached hydrogens (primary N) is 3. The van der Waals surface area contributed by atoms with Crippen LogP contribution in [0.1, 0.15) is 98.9 Å². The molecule has 3 saturated carbocycles. The number of primary amides is 2. The third kappa shape index (κ3) is 30.4. The predicted molar refractivity (Wildman–Crippen MR) is 363 cm³/mol. The summed E-state index contributed by atoms with van der Waals surface area (Å²) in [6, 6.07) is 27.7. The number of fused-ring (bicyclic) bond motifs is 2. The molecule has 0 atom stereocenters. The van der Waals surface area contributed by atoms with E-state index in [9.17, 15) is 51.8 Å². The van der Waals surface area contributed by atoms with Crippen LogP contribution < -0.4 is 141 Å². The Morgan fingerprint density at radius 1 is 0.640 bits per heavy atom. The molecule has 5 aromatic carbocycles. The Bertz CT molecular complexity index is 3800. The summed E-state index contributed by atoms with van der Waals surface area (Å²) in [7, 11) is 0. The first-order valence-corrected chi connectivity index (χ1v) is 31.5. The number of aliphatic hydroxyl groups is 3. The molecule has 0 unspecified atom stereocenters. The van der Waals surface area contributed by atoms with Crippen LogP contribution in [-0.4, -0.2) is 150 Å². The minimum Gasteiger partial charge on any atom is -1.00 e. The van der Waals surface area contributed by atoms with Gasteiger partial charge in [-0.25, -0.2) is 13.2 Å². The number of carbonyl (C=O) groups is 8. The van der Waals surface area contributed by atoms with Crippen LogP contribution in [0.15, 0.2) is 103 Å². The maximum Gasteiger partial charge on any atom is 1.00 e. The number of Topliss-reactive ketones (excluding diaryl/α,β-unsaturated/α-hetero) is 1. The summed E-state index contributed by atoms with van der Waals surface area (Å²) in [5.41, 5.74) is 18.2. The number of nitrogens with zero attached hydrogens (tertiary/aromatic N) is 5. The molecule has 100 heavy (non-hydrogen) atoms. The summed E-state index contributed by atoms with van der Waals surface area (Å²) in [5, 5.41) is 62.2. The standard InChI is InChI=1S/C24H25ClFN5O4.C14H18ClFN2O2.C10H9Cl2FO.C10H9N3O3.C5H11NO.CH2O3.2CH4.2K.H/c25-18-6-3-4-15(22(18)26)10-28-20(33)12-30(11-14-8-16(32)9-14)21(34)13-31-19-7-2-1-5-17(19)23(29-31)24(27)35;15-12-3-1-2-10(14(12)16)7-18-13(20)8-17-6-9-4-11(19)5-9;11-6-8(14)5-4-7-2-1-3-9(12)10(7)13;11-10(16)9-6-3-1-2-4-7(6)13(12-9)5-8(14)15;6-3-4-1-5(7)2-4;2-1-4-3;;;;;/h1-7,14,16,32H,8-13H2,(H2,27,35)(H,28,33);1-3,9,11,17,19H,4-8H2,(H,18,20);1-3H,4-6H2;1-4H,5H2,(H2,11,16)(H,14,15);4-5,7H,1-3,6H2;1,3H;2*1H4;;;/q;;;;;;;;2*+1;-1/p-1. The van der Waals surface area contributed by atoms with Crippen molar-refractivity contribution < 1.29 is 186 Å². The van der Waals surface area contributed by atoms with E-state index in [2.05, 4.69) is 31.0 Å². The van der Waals surface area contributed by atoms with Gasteiger partial charge in [-0.15, -0.1) is 11.6 Å². The molecule has 3 fully saturated rings. The van der Waals surface area contributed by atoms with Crippen LogP contribution in [0.4, 0.5) is 13.2 Å². The van der Waals surface area contributed by atoms with E-state index in [1.165, 1.54) is 38.5 Å². The molecule has 0 radical (unpaired) electrons. The normalized spacial score (nSPS) is 16.4. The smallest absolute Gasteiger partial charge is 1.00 e. The maximum atomic E-state index is 14.1. The number of hydrogen-bond acceptors (Lipinski definition) is 17. The van der Waals surface area contributed by atoms with E-state index in [0.29, 0.717) is 64.0 Å². The van der Waals surface area contributed by atoms with Crippen molar-refractivity contribution in [2.45, 2.75) is 111 Å². The largest absolute Gasteiger partial charge is 1.00 e. The zero-order valence-electron chi connectivity index (χ0n) is 54.6. The van der Waals surface area contributed by atoms with Gasteiger partial charge in [-0.05, 0) is 112 Å². The Labute approximate surface area is 682 Å². The number of aromatic nitrogens is 4. The van der Waals surface area contributed by atoms with Crippen LogP contribution in [-0.2, 0) is 66.3 Å². The second-order valence-electron chi connectivity index (χ2n) is 22.3. The van der Waals surface area contributed by atoms with Gasteiger partial charge in [-0.1, -0.05) is 122 Å². The van der Waals surface area contributed by atoms with E-state index in [4.69, 9.17) is 89.0 Å².